The Morgan fingerprint density at radius 1 is 1.27 bits per heavy atom. The zero-order valence-corrected chi connectivity index (χ0v) is 12.9. The summed E-state index contributed by atoms with van der Waals surface area (Å²) < 4.78 is 3.03. The summed E-state index contributed by atoms with van der Waals surface area (Å²) in [7, 11) is 0. The predicted octanol–water partition coefficient (Wildman–Crippen LogP) is 2.45. The van der Waals surface area contributed by atoms with E-state index in [0.29, 0.717) is 12.4 Å². The molecule has 5 nitrogen and oxygen atoms in total. The minimum absolute atomic E-state index is 0.0456. The second-order valence-corrected chi connectivity index (χ2v) is 6.44. The summed E-state index contributed by atoms with van der Waals surface area (Å²) in [6.45, 7) is 1.44. The highest BCUT2D eigenvalue weighted by atomic mass is 32.1. The lowest BCUT2D eigenvalue weighted by Crippen LogP contribution is -2.26. The molecule has 1 N–H and O–H groups in total. The van der Waals surface area contributed by atoms with E-state index in [-0.39, 0.29) is 5.56 Å². The van der Waals surface area contributed by atoms with Gasteiger partial charge in [0.15, 0.2) is 0 Å². The molecule has 0 saturated carbocycles. The topological polar surface area (TPSA) is 59.8 Å². The first-order valence-electron chi connectivity index (χ1n) is 7.48. The number of benzene rings is 1. The molecule has 3 aromatic rings. The molecule has 1 aliphatic heterocycles. The first kappa shape index (κ1) is 13.5. The Bertz CT molecular complexity index is 883. The highest BCUT2D eigenvalue weighted by molar-refractivity contribution is 7.17. The SMILES string of the molecule is O=c1c(NCCc2ccc3sccc3c2)nnc2n1CCC2. The maximum Gasteiger partial charge on any atom is 0.296 e. The van der Waals surface area contributed by atoms with Gasteiger partial charge in [-0.15, -0.1) is 21.5 Å². The minimum Gasteiger partial charge on any atom is -0.364 e. The molecule has 0 atom stereocenters. The molecule has 112 valence electrons. The van der Waals surface area contributed by atoms with E-state index in [1.54, 1.807) is 15.9 Å². The Balaban J connectivity index is 1.46. The van der Waals surface area contributed by atoms with Crippen molar-refractivity contribution in [2.24, 2.45) is 0 Å². The molecule has 22 heavy (non-hydrogen) atoms. The van der Waals surface area contributed by atoms with E-state index in [1.807, 2.05) is 0 Å². The summed E-state index contributed by atoms with van der Waals surface area (Å²) in [6, 6.07) is 8.63. The normalized spacial score (nSPS) is 13.5. The van der Waals surface area contributed by atoms with Crippen molar-refractivity contribution in [1.29, 1.82) is 0 Å². The smallest absolute Gasteiger partial charge is 0.296 e. The fraction of sp³-hybridized carbons (Fsp3) is 0.312. The van der Waals surface area contributed by atoms with Crippen LogP contribution in [0.1, 0.15) is 17.8 Å². The third-order valence-corrected chi connectivity index (χ3v) is 4.93. The molecule has 0 unspecified atom stereocenters. The van der Waals surface area contributed by atoms with Gasteiger partial charge in [-0.25, -0.2) is 0 Å². The lowest BCUT2D eigenvalue weighted by atomic mass is 10.1. The molecule has 0 spiro atoms. The molecule has 0 amide bonds. The first-order valence-corrected chi connectivity index (χ1v) is 8.35. The van der Waals surface area contributed by atoms with Gasteiger partial charge in [0.05, 0.1) is 0 Å². The highest BCUT2D eigenvalue weighted by Crippen LogP contribution is 2.21. The molecule has 1 aromatic carbocycles. The quantitative estimate of drug-likeness (QED) is 0.804. The van der Waals surface area contributed by atoms with E-state index in [4.69, 9.17) is 0 Å². The minimum atomic E-state index is -0.0456. The summed E-state index contributed by atoms with van der Waals surface area (Å²) >= 11 is 1.75. The number of thiophene rings is 1. The average molecular weight is 312 g/mol. The molecule has 0 saturated heterocycles. The lowest BCUT2D eigenvalue weighted by Gasteiger charge is -2.07. The number of nitrogens with one attached hydrogen (secondary N) is 1. The standard InChI is InChI=1S/C16H16N4OS/c21-16-15(19-18-14-2-1-8-20(14)16)17-7-5-11-3-4-13-12(10-11)6-9-22-13/h3-4,6,9-10H,1-2,5,7-8H2,(H,17,19). The highest BCUT2D eigenvalue weighted by Gasteiger charge is 2.16. The van der Waals surface area contributed by atoms with E-state index in [0.717, 1.165) is 31.6 Å². The van der Waals surface area contributed by atoms with Gasteiger partial charge in [-0.3, -0.25) is 9.36 Å². The summed E-state index contributed by atoms with van der Waals surface area (Å²) in [5, 5.41) is 14.7. The van der Waals surface area contributed by atoms with Crippen molar-refractivity contribution in [2.75, 3.05) is 11.9 Å². The van der Waals surface area contributed by atoms with E-state index < -0.39 is 0 Å². The molecule has 4 rings (SSSR count). The second-order valence-electron chi connectivity index (χ2n) is 5.49. The van der Waals surface area contributed by atoms with Gasteiger partial charge in [-0.05, 0) is 41.3 Å². The van der Waals surface area contributed by atoms with Crippen LogP contribution in [0.2, 0.25) is 0 Å². The Labute approximate surface area is 131 Å². The van der Waals surface area contributed by atoms with Gasteiger partial charge in [0.2, 0.25) is 5.82 Å². The monoisotopic (exact) mass is 312 g/mol. The molecule has 0 fully saturated rings. The number of aromatic nitrogens is 3. The summed E-state index contributed by atoms with van der Waals surface area (Å²) in [5.74, 6) is 1.17. The van der Waals surface area contributed by atoms with Crippen molar-refractivity contribution in [3.63, 3.8) is 0 Å². The maximum atomic E-state index is 12.2. The summed E-state index contributed by atoms with van der Waals surface area (Å²) in [4.78, 5) is 12.2. The van der Waals surface area contributed by atoms with Crippen LogP contribution in [0.4, 0.5) is 5.82 Å². The van der Waals surface area contributed by atoms with Crippen molar-refractivity contribution in [3.8, 4) is 0 Å². The molecular weight excluding hydrogens is 296 g/mol. The van der Waals surface area contributed by atoms with Crippen molar-refractivity contribution < 1.29 is 0 Å². The van der Waals surface area contributed by atoms with E-state index in [9.17, 15) is 4.79 Å². The number of rotatable bonds is 4. The second kappa shape index (κ2) is 5.53. The van der Waals surface area contributed by atoms with Crippen molar-refractivity contribution in [1.82, 2.24) is 14.8 Å². The van der Waals surface area contributed by atoms with Crippen molar-refractivity contribution >= 4 is 27.2 Å². The molecule has 3 heterocycles. The zero-order valence-electron chi connectivity index (χ0n) is 12.1. The number of anilines is 1. The Hall–Kier alpha value is -2.21. The number of hydrogen-bond donors (Lipinski definition) is 1. The van der Waals surface area contributed by atoms with Crippen LogP contribution in [0.25, 0.3) is 10.1 Å². The van der Waals surface area contributed by atoms with Crippen LogP contribution in [0.3, 0.4) is 0 Å². The molecule has 2 aromatic heterocycles. The molecular formula is C16H16N4OS. The average Bonchev–Trinajstić information content (AvgIpc) is 3.17. The third kappa shape index (κ3) is 2.39. The number of fused-ring (bicyclic) bond motifs is 2. The fourth-order valence-corrected chi connectivity index (χ4v) is 3.64. The first-order chi connectivity index (χ1) is 10.8. The fourth-order valence-electron chi connectivity index (χ4n) is 2.87. The number of aryl methyl sites for hydroxylation is 1. The molecule has 6 heteroatoms. The van der Waals surface area contributed by atoms with E-state index in [1.165, 1.54) is 15.6 Å². The van der Waals surface area contributed by atoms with Gasteiger partial charge in [0, 0.05) is 24.2 Å². The van der Waals surface area contributed by atoms with Gasteiger partial charge in [0.25, 0.3) is 5.56 Å². The van der Waals surface area contributed by atoms with Gasteiger partial charge in [-0.1, -0.05) is 12.1 Å². The lowest BCUT2D eigenvalue weighted by molar-refractivity contribution is 0.693. The van der Waals surface area contributed by atoms with E-state index >= 15 is 0 Å². The van der Waals surface area contributed by atoms with Crippen LogP contribution in [0, 0.1) is 0 Å². The number of hydrogen-bond acceptors (Lipinski definition) is 5. The summed E-state index contributed by atoms with van der Waals surface area (Å²) in [6.07, 6.45) is 2.69. The number of nitrogens with zero attached hydrogens (tertiary/aromatic N) is 3. The van der Waals surface area contributed by atoms with Crippen LogP contribution in [0.5, 0.6) is 0 Å². The van der Waals surface area contributed by atoms with Crippen LogP contribution < -0.4 is 10.9 Å². The van der Waals surface area contributed by atoms with Crippen molar-refractivity contribution in [2.45, 2.75) is 25.8 Å². The maximum absolute atomic E-state index is 12.2. The molecule has 1 aliphatic rings. The largest absolute Gasteiger partial charge is 0.364 e. The Kier molecular flexibility index (Phi) is 3.38. The molecule has 0 bridgehead atoms. The van der Waals surface area contributed by atoms with Crippen LogP contribution >= 0.6 is 11.3 Å². The zero-order chi connectivity index (χ0) is 14.9. The van der Waals surface area contributed by atoms with Gasteiger partial charge >= 0.3 is 0 Å². The van der Waals surface area contributed by atoms with Crippen molar-refractivity contribution in [3.05, 3.63) is 51.4 Å². The molecule has 0 aliphatic carbocycles. The van der Waals surface area contributed by atoms with Gasteiger partial charge < -0.3 is 5.32 Å². The van der Waals surface area contributed by atoms with Gasteiger partial charge in [0.1, 0.15) is 5.82 Å². The molecule has 0 radical (unpaired) electrons. The summed E-state index contributed by atoms with van der Waals surface area (Å²) in [5.41, 5.74) is 1.21. The Morgan fingerprint density at radius 3 is 3.18 bits per heavy atom. The van der Waals surface area contributed by atoms with Gasteiger partial charge in [-0.2, -0.15) is 0 Å². The van der Waals surface area contributed by atoms with Crippen LogP contribution in [0.15, 0.2) is 34.4 Å². The van der Waals surface area contributed by atoms with Crippen LogP contribution in [-0.4, -0.2) is 21.3 Å². The predicted molar refractivity (Wildman–Crippen MR) is 88.6 cm³/mol. The van der Waals surface area contributed by atoms with E-state index in [2.05, 4.69) is 45.2 Å². The Morgan fingerprint density at radius 2 is 2.23 bits per heavy atom. The van der Waals surface area contributed by atoms with Crippen LogP contribution in [-0.2, 0) is 19.4 Å². The third-order valence-electron chi connectivity index (χ3n) is 4.03.